The molecule has 3 nitrogen and oxygen atoms in total. The smallest absolute Gasteiger partial charge is 0.416 e. The van der Waals surface area contributed by atoms with Crippen LogP contribution in [0, 0.1) is 0 Å². The topological polar surface area (TPSA) is 17.4 Å². The molecule has 0 amide bonds. The molecular formula is C28H25F3N2O. The summed E-state index contributed by atoms with van der Waals surface area (Å²) in [7, 11) is 0. The van der Waals surface area contributed by atoms with Crippen LogP contribution >= 0.6 is 0 Å². The third kappa shape index (κ3) is 4.73. The lowest BCUT2D eigenvalue weighted by Crippen LogP contribution is -2.30. The first kappa shape index (κ1) is 22.3. The summed E-state index contributed by atoms with van der Waals surface area (Å²) < 4.78 is 49.4. The van der Waals surface area contributed by atoms with Crippen LogP contribution in [-0.2, 0) is 19.3 Å². The highest BCUT2D eigenvalue weighted by Gasteiger charge is 2.35. The molecule has 34 heavy (non-hydrogen) atoms. The largest absolute Gasteiger partial charge is 0.457 e. The van der Waals surface area contributed by atoms with Gasteiger partial charge in [-0.3, -0.25) is 4.90 Å². The molecule has 2 heterocycles. The number of halogens is 3. The molecule has 0 fully saturated rings. The molecule has 1 aromatic heterocycles. The number of para-hydroxylation sites is 1. The van der Waals surface area contributed by atoms with E-state index in [0.717, 1.165) is 30.0 Å². The average molecular weight is 463 g/mol. The normalized spacial score (nSPS) is 16.6. The van der Waals surface area contributed by atoms with Crippen molar-refractivity contribution < 1.29 is 17.9 Å². The molecule has 174 valence electrons. The Morgan fingerprint density at radius 2 is 1.56 bits per heavy atom. The zero-order valence-electron chi connectivity index (χ0n) is 18.6. The van der Waals surface area contributed by atoms with Gasteiger partial charge in [0.1, 0.15) is 11.5 Å². The lowest BCUT2D eigenvalue weighted by atomic mass is 9.99. The summed E-state index contributed by atoms with van der Waals surface area (Å²) in [4.78, 5) is 2.14. The minimum Gasteiger partial charge on any atom is -0.457 e. The Bertz CT molecular complexity index is 1250. The quantitative estimate of drug-likeness (QED) is 0.310. The number of nitrogens with zero attached hydrogens (tertiary/aromatic N) is 2. The van der Waals surface area contributed by atoms with Crippen LogP contribution in [-0.4, -0.2) is 16.0 Å². The van der Waals surface area contributed by atoms with Crippen molar-refractivity contribution in [1.29, 1.82) is 0 Å². The van der Waals surface area contributed by atoms with E-state index in [1.807, 2.05) is 66.9 Å². The van der Waals surface area contributed by atoms with Gasteiger partial charge < -0.3 is 9.30 Å². The van der Waals surface area contributed by atoms with E-state index >= 15 is 0 Å². The summed E-state index contributed by atoms with van der Waals surface area (Å²) in [5, 5.41) is 0. The summed E-state index contributed by atoms with van der Waals surface area (Å²) in [6.07, 6.45) is -1.49. The van der Waals surface area contributed by atoms with Crippen molar-refractivity contribution in [1.82, 2.24) is 9.47 Å². The Labute approximate surface area is 197 Å². The number of hydrogen-bond donors (Lipinski definition) is 0. The lowest BCUT2D eigenvalue weighted by molar-refractivity contribution is -0.138. The molecule has 0 N–H and O–H groups in total. The Morgan fingerprint density at radius 1 is 0.794 bits per heavy atom. The van der Waals surface area contributed by atoms with Gasteiger partial charge in [0.25, 0.3) is 0 Å². The van der Waals surface area contributed by atoms with Crippen molar-refractivity contribution in [3.63, 3.8) is 0 Å². The van der Waals surface area contributed by atoms with Gasteiger partial charge in [-0.1, -0.05) is 48.5 Å². The molecule has 3 aromatic carbocycles. The second-order valence-electron chi connectivity index (χ2n) is 8.50. The molecule has 0 spiro atoms. The van der Waals surface area contributed by atoms with E-state index in [-0.39, 0.29) is 18.2 Å². The highest BCUT2D eigenvalue weighted by Crippen LogP contribution is 2.38. The summed E-state index contributed by atoms with van der Waals surface area (Å²) in [6.45, 7) is 1.72. The molecule has 0 bridgehead atoms. The number of benzene rings is 3. The average Bonchev–Trinajstić information content (AvgIpc) is 3.21. The molecule has 4 aromatic rings. The Balaban J connectivity index is 1.53. The number of fused-ring (bicyclic) bond motifs is 1. The van der Waals surface area contributed by atoms with Gasteiger partial charge in [-0.05, 0) is 60.0 Å². The molecule has 0 unspecified atom stereocenters. The summed E-state index contributed by atoms with van der Waals surface area (Å²) in [5.41, 5.74) is 1.77. The van der Waals surface area contributed by atoms with E-state index < -0.39 is 11.7 Å². The number of alkyl halides is 3. The maximum atomic E-state index is 13.7. The van der Waals surface area contributed by atoms with Crippen LogP contribution in [0.25, 0.3) is 0 Å². The van der Waals surface area contributed by atoms with E-state index in [9.17, 15) is 13.2 Å². The molecule has 0 radical (unpaired) electrons. The molecule has 0 saturated carbocycles. The first-order chi connectivity index (χ1) is 16.5. The van der Waals surface area contributed by atoms with E-state index in [4.69, 9.17) is 4.74 Å². The molecule has 5 rings (SSSR count). The maximum absolute atomic E-state index is 13.7. The van der Waals surface area contributed by atoms with Crippen LogP contribution in [0.3, 0.4) is 0 Å². The van der Waals surface area contributed by atoms with Crippen molar-refractivity contribution >= 4 is 0 Å². The van der Waals surface area contributed by atoms with Crippen LogP contribution < -0.4 is 4.74 Å². The Hall–Kier alpha value is -3.51. The fourth-order valence-electron chi connectivity index (χ4n) is 4.72. The van der Waals surface area contributed by atoms with E-state index in [2.05, 4.69) is 15.5 Å². The molecule has 1 aliphatic rings. The summed E-state index contributed by atoms with van der Waals surface area (Å²) >= 11 is 0. The number of aromatic nitrogens is 1. The first-order valence-corrected chi connectivity index (χ1v) is 11.4. The van der Waals surface area contributed by atoms with E-state index in [1.165, 1.54) is 12.1 Å². The van der Waals surface area contributed by atoms with Crippen molar-refractivity contribution in [2.75, 3.05) is 6.54 Å². The monoisotopic (exact) mass is 462 g/mol. The zero-order valence-corrected chi connectivity index (χ0v) is 18.6. The number of rotatable bonds is 5. The number of ether oxygens (including phenoxy) is 1. The summed E-state index contributed by atoms with van der Waals surface area (Å²) in [5.74, 6) is 1.43. The highest BCUT2D eigenvalue weighted by atomic mass is 19.4. The number of hydrogen-bond acceptors (Lipinski definition) is 2. The minimum absolute atomic E-state index is 0.196. The van der Waals surface area contributed by atoms with Crippen LogP contribution in [0.1, 0.15) is 34.8 Å². The van der Waals surface area contributed by atoms with E-state index in [1.54, 1.807) is 12.1 Å². The molecule has 1 aliphatic heterocycles. The van der Waals surface area contributed by atoms with Crippen molar-refractivity contribution in [2.45, 2.75) is 31.7 Å². The first-order valence-electron chi connectivity index (χ1n) is 11.4. The van der Waals surface area contributed by atoms with Crippen molar-refractivity contribution in [3.05, 3.63) is 120 Å². The number of aryl methyl sites for hydroxylation is 1. The third-order valence-electron chi connectivity index (χ3n) is 6.20. The molecule has 1 atom stereocenters. The van der Waals surface area contributed by atoms with Crippen LogP contribution in [0.5, 0.6) is 11.5 Å². The van der Waals surface area contributed by atoms with Gasteiger partial charge in [-0.15, -0.1) is 0 Å². The Kier molecular flexibility index (Phi) is 6.16. The standard InChI is InChI=1S/C28H25F3N2O/c29-28(30,31)25-14-5-4-9-22(25)20-33-18-8-17-32-16-7-15-26(32)27(33)21-10-6-13-24(19-21)34-23-11-2-1-3-12-23/h1-7,9-16,19,27H,8,17-18,20H2/t27-/m1/s1. The zero-order chi connectivity index (χ0) is 23.5. The molecule has 0 aliphatic carbocycles. The second kappa shape index (κ2) is 9.39. The second-order valence-corrected chi connectivity index (χ2v) is 8.50. The van der Waals surface area contributed by atoms with Crippen molar-refractivity contribution in [2.24, 2.45) is 0 Å². The van der Waals surface area contributed by atoms with Crippen molar-refractivity contribution in [3.8, 4) is 11.5 Å². The summed E-state index contributed by atoms with van der Waals surface area (Å²) in [6, 6.07) is 27.1. The van der Waals surface area contributed by atoms with Gasteiger partial charge in [0.2, 0.25) is 0 Å². The molecule has 0 saturated heterocycles. The minimum atomic E-state index is -4.39. The van der Waals surface area contributed by atoms with Gasteiger partial charge in [0, 0.05) is 31.5 Å². The predicted molar refractivity (Wildman–Crippen MR) is 126 cm³/mol. The fourth-order valence-corrected chi connectivity index (χ4v) is 4.72. The SMILES string of the molecule is FC(F)(F)c1ccccc1CN1CCCn2cccc2[C@H]1c1cccc(Oc2ccccc2)c1. The van der Waals surface area contributed by atoms with Crippen LogP contribution in [0.15, 0.2) is 97.2 Å². The van der Waals surface area contributed by atoms with Crippen LogP contribution in [0.4, 0.5) is 13.2 Å². The van der Waals surface area contributed by atoms with E-state index in [0.29, 0.717) is 12.3 Å². The maximum Gasteiger partial charge on any atom is 0.416 e. The highest BCUT2D eigenvalue weighted by molar-refractivity contribution is 5.39. The Morgan fingerprint density at radius 3 is 2.38 bits per heavy atom. The van der Waals surface area contributed by atoms with Gasteiger partial charge >= 0.3 is 6.18 Å². The third-order valence-corrected chi connectivity index (χ3v) is 6.20. The molecular weight excluding hydrogens is 437 g/mol. The lowest BCUT2D eigenvalue weighted by Gasteiger charge is -2.31. The van der Waals surface area contributed by atoms with Gasteiger partial charge in [-0.25, -0.2) is 0 Å². The van der Waals surface area contributed by atoms with Gasteiger partial charge in [-0.2, -0.15) is 13.2 Å². The van der Waals surface area contributed by atoms with Crippen LogP contribution in [0.2, 0.25) is 0 Å². The fraction of sp³-hybridized carbons (Fsp3) is 0.214. The van der Waals surface area contributed by atoms with Gasteiger partial charge in [0.15, 0.2) is 0 Å². The predicted octanol–water partition coefficient (Wildman–Crippen LogP) is 7.29. The molecule has 6 heteroatoms. The van der Waals surface area contributed by atoms with Gasteiger partial charge in [0.05, 0.1) is 11.6 Å².